The van der Waals surface area contributed by atoms with Crippen LogP contribution in [0.1, 0.15) is 35.7 Å². The van der Waals surface area contributed by atoms with Crippen LogP contribution in [0.2, 0.25) is 0 Å². The second-order valence-corrected chi connectivity index (χ2v) is 5.20. The number of aliphatic hydroxyl groups excluding tert-OH is 1. The molecule has 1 heterocycles. The highest BCUT2D eigenvalue weighted by Crippen LogP contribution is 2.20. The van der Waals surface area contributed by atoms with Crippen LogP contribution in [0.25, 0.3) is 0 Å². The average molecular weight is 291 g/mol. The summed E-state index contributed by atoms with van der Waals surface area (Å²) in [5.41, 5.74) is 1.35. The van der Waals surface area contributed by atoms with Crippen LogP contribution in [0.4, 0.5) is 0 Å². The summed E-state index contributed by atoms with van der Waals surface area (Å²) in [6, 6.07) is 6.89. The molecule has 1 N–H and O–H groups in total. The van der Waals surface area contributed by atoms with E-state index in [1.807, 2.05) is 0 Å². The third kappa shape index (κ3) is 3.82. The van der Waals surface area contributed by atoms with E-state index in [-0.39, 0.29) is 24.4 Å². The Labute approximate surface area is 124 Å². The van der Waals surface area contributed by atoms with Crippen molar-refractivity contribution in [1.29, 1.82) is 0 Å². The van der Waals surface area contributed by atoms with Crippen molar-refractivity contribution in [3.05, 3.63) is 35.4 Å². The molecule has 0 aromatic heterocycles. The van der Waals surface area contributed by atoms with Crippen molar-refractivity contribution in [2.75, 3.05) is 19.7 Å². The van der Waals surface area contributed by atoms with E-state index in [9.17, 15) is 9.59 Å². The molecule has 5 heteroatoms. The molecule has 1 atom stereocenters. The molecule has 0 unspecified atom stereocenters. The Kier molecular flexibility index (Phi) is 5.33. The lowest BCUT2D eigenvalue weighted by molar-refractivity contribution is -0.149. The molecule has 1 saturated heterocycles. The van der Waals surface area contributed by atoms with E-state index in [2.05, 4.69) is 0 Å². The number of benzene rings is 1. The van der Waals surface area contributed by atoms with Gasteiger partial charge >= 0.3 is 5.97 Å². The first kappa shape index (κ1) is 15.5. The van der Waals surface area contributed by atoms with Gasteiger partial charge in [0.15, 0.2) is 0 Å². The number of aliphatic hydroxyl groups is 1. The zero-order valence-electron chi connectivity index (χ0n) is 12.2. The number of amides is 1. The Balaban J connectivity index is 2.02. The second kappa shape index (κ2) is 7.22. The fourth-order valence-corrected chi connectivity index (χ4v) is 2.55. The predicted octanol–water partition coefficient (Wildman–Crippen LogP) is 1.59. The maximum Gasteiger partial charge on any atom is 0.310 e. The Hall–Kier alpha value is -1.88. The molecule has 1 aliphatic rings. The van der Waals surface area contributed by atoms with Gasteiger partial charge in [0.25, 0.3) is 5.91 Å². The molecule has 114 valence electrons. The topological polar surface area (TPSA) is 66.8 Å². The summed E-state index contributed by atoms with van der Waals surface area (Å²) in [4.78, 5) is 25.9. The van der Waals surface area contributed by atoms with Crippen molar-refractivity contribution in [1.82, 2.24) is 4.90 Å². The summed E-state index contributed by atoms with van der Waals surface area (Å²) in [6.07, 6.45) is 1.58. The third-order valence-corrected chi connectivity index (χ3v) is 3.71. The molecule has 0 spiro atoms. The first-order valence-corrected chi connectivity index (χ1v) is 7.31. The summed E-state index contributed by atoms with van der Waals surface area (Å²) >= 11 is 0. The van der Waals surface area contributed by atoms with Gasteiger partial charge in [0.1, 0.15) is 0 Å². The van der Waals surface area contributed by atoms with Gasteiger partial charge in [-0.25, -0.2) is 0 Å². The highest BCUT2D eigenvalue weighted by atomic mass is 16.5. The molecule has 21 heavy (non-hydrogen) atoms. The van der Waals surface area contributed by atoms with E-state index in [1.165, 1.54) is 0 Å². The first-order chi connectivity index (χ1) is 10.2. The number of hydrogen-bond donors (Lipinski definition) is 1. The molecule has 0 bridgehead atoms. The summed E-state index contributed by atoms with van der Waals surface area (Å²) in [5, 5.41) is 9.02. The molecule has 1 fully saturated rings. The van der Waals surface area contributed by atoms with Crippen molar-refractivity contribution >= 4 is 11.9 Å². The largest absolute Gasteiger partial charge is 0.466 e. The number of likely N-dealkylation sites (tertiary alicyclic amines) is 1. The van der Waals surface area contributed by atoms with E-state index < -0.39 is 0 Å². The number of carbonyl (C=O) groups is 2. The molecule has 1 aliphatic heterocycles. The molecular formula is C16H21NO4. The van der Waals surface area contributed by atoms with E-state index in [0.29, 0.717) is 25.3 Å². The van der Waals surface area contributed by atoms with Crippen molar-refractivity contribution in [3.63, 3.8) is 0 Å². The highest BCUT2D eigenvalue weighted by molar-refractivity contribution is 5.94. The van der Waals surface area contributed by atoms with Gasteiger partial charge in [0.05, 0.1) is 19.1 Å². The van der Waals surface area contributed by atoms with Gasteiger partial charge in [0, 0.05) is 18.7 Å². The zero-order valence-corrected chi connectivity index (χ0v) is 12.2. The lowest BCUT2D eigenvalue weighted by atomic mass is 9.97. The van der Waals surface area contributed by atoms with Gasteiger partial charge in [-0.3, -0.25) is 9.59 Å². The minimum absolute atomic E-state index is 0.0386. The van der Waals surface area contributed by atoms with Gasteiger partial charge < -0.3 is 14.7 Å². The number of ether oxygens (including phenoxy) is 1. The smallest absolute Gasteiger partial charge is 0.310 e. The van der Waals surface area contributed by atoms with Gasteiger partial charge in [-0.15, -0.1) is 0 Å². The molecular weight excluding hydrogens is 270 g/mol. The number of piperidine rings is 1. The minimum atomic E-state index is -0.223. The maximum atomic E-state index is 12.4. The van der Waals surface area contributed by atoms with Gasteiger partial charge in [-0.1, -0.05) is 12.1 Å². The van der Waals surface area contributed by atoms with Gasteiger partial charge in [-0.05, 0) is 37.5 Å². The minimum Gasteiger partial charge on any atom is -0.466 e. The molecule has 0 aliphatic carbocycles. The van der Waals surface area contributed by atoms with Crippen LogP contribution in [0.5, 0.6) is 0 Å². The third-order valence-electron chi connectivity index (χ3n) is 3.71. The molecule has 1 aromatic carbocycles. The summed E-state index contributed by atoms with van der Waals surface area (Å²) < 4.78 is 5.04. The maximum absolute atomic E-state index is 12.4. The fourth-order valence-electron chi connectivity index (χ4n) is 2.55. The van der Waals surface area contributed by atoms with Crippen LogP contribution in [-0.4, -0.2) is 41.6 Å². The van der Waals surface area contributed by atoms with E-state index in [4.69, 9.17) is 9.84 Å². The first-order valence-electron chi connectivity index (χ1n) is 7.31. The Bertz CT molecular complexity index is 498. The van der Waals surface area contributed by atoms with Crippen molar-refractivity contribution < 1.29 is 19.4 Å². The van der Waals surface area contributed by atoms with Crippen LogP contribution in [0.3, 0.4) is 0 Å². The van der Waals surface area contributed by atoms with E-state index in [0.717, 1.165) is 18.4 Å². The van der Waals surface area contributed by atoms with Gasteiger partial charge in [0.2, 0.25) is 0 Å². The highest BCUT2D eigenvalue weighted by Gasteiger charge is 2.29. The molecule has 1 aromatic rings. The lowest BCUT2D eigenvalue weighted by Gasteiger charge is -2.31. The lowest BCUT2D eigenvalue weighted by Crippen LogP contribution is -2.42. The van der Waals surface area contributed by atoms with Gasteiger partial charge in [-0.2, -0.15) is 0 Å². The monoisotopic (exact) mass is 291 g/mol. The molecule has 0 radical (unpaired) electrons. The summed E-state index contributed by atoms with van der Waals surface area (Å²) in [7, 11) is 0. The van der Waals surface area contributed by atoms with Crippen LogP contribution in [-0.2, 0) is 16.1 Å². The standard InChI is InChI=1S/C16H21NO4/c1-2-21-16(20)14-4-3-9-17(10-14)15(19)13-7-5-12(11-18)6-8-13/h5-8,14,18H,2-4,9-11H2,1H3/t14-/m1/s1. The number of carbonyl (C=O) groups excluding carboxylic acids is 2. The number of nitrogens with zero attached hydrogens (tertiary/aromatic N) is 1. The van der Waals surface area contributed by atoms with Crippen molar-refractivity contribution in [2.45, 2.75) is 26.4 Å². The fraction of sp³-hybridized carbons (Fsp3) is 0.500. The van der Waals surface area contributed by atoms with Crippen molar-refractivity contribution in [2.24, 2.45) is 5.92 Å². The molecule has 5 nitrogen and oxygen atoms in total. The van der Waals surface area contributed by atoms with Crippen molar-refractivity contribution in [3.8, 4) is 0 Å². The zero-order chi connectivity index (χ0) is 15.2. The SMILES string of the molecule is CCOC(=O)[C@@H]1CCCN(C(=O)c2ccc(CO)cc2)C1. The summed E-state index contributed by atoms with van der Waals surface area (Å²) in [6.45, 7) is 3.19. The second-order valence-electron chi connectivity index (χ2n) is 5.20. The van der Waals surface area contributed by atoms with E-state index in [1.54, 1.807) is 36.1 Å². The number of esters is 1. The summed E-state index contributed by atoms with van der Waals surface area (Å²) in [5.74, 6) is -0.515. The van der Waals surface area contributed by atoms with Crippen LogP contribution < -0.4 is 0 Å². The molecule has 1 amide bonds. The molecule has 0 saturated carbocycles. The van der Waals surface area contributed by atoms with Crippen LogP contribution in [0, 0.1) is 5.92 Å². The number of rotatable bonds is 4. The van der Waals surface area contributed by atoms with Crippen LogP contribution >= 0.6 is 0 Å². The Morgan fingerprint density at radius 3 is 2.67 bits per heavy atom. The average Bonchev–Trinajstić information content (AvgIpc) is 2.54. The normalized spacial score (nSPS) is 18.4. The Morgan fingerprint density at radius 2 is 2.05 bits per heavy atom. The quantitative estimate of drug-likeness (QED) is 0.856. The van der Waals surface area contributed by atoms with Crippen LogP contribution in [0.15, 0.2) is 24.3 Å². The Morgan fingerprint density at radius 1 is 1.33 bits per heavy atom. The van der Waals surface area contributed by atoms with E-state index >= 15 is 0 Å². The number of hydrogen-bond acceptors (Lipinski definition) is 4. The molecule has 2 rings (SSSR count). The predicted molar refractivity (Wildman–Crippen MR) is 77.6 cm³/mol.